The predicted octanol–water partition coefficient (Wildman–Crippen LogP) is 6.91. The van der Waals surface area contributed by atoms with E-state index in [1.807, 2.05) is 30.3 Å². The molecule has 1 aliphatic rings. The van der Waals surface area contributed by atoms with Gasteiger partial charge in [-0.2, -0.15) is 0 Å². The molecule has 0 atom stereocenters. The number of hydrogen-bond acceptors (Lipinski definition) is 3. The highest BCUT2D eigenvalue weighted by molar-refractivity contribution is 5.75. The van der Waals surface area contributed by atoms with Gasteiger partial charge in [0.15, 0.2) is 17.5 Å². The Labute approximate surface area is 182 Å². The molecule has 0 bridgehead atoms. The Morgan fingerprint density at radius 3 is 1.97 bits per heavy atom. The van der Waals surface area contributed by atoms with Gasteiger partial charge >= 0.3 is 0 Å². The van der Waals surface area contributed by atoms with E-state index in [1.54, 1.807) is 0 Å². The fourth-order valence-corrected chi connectivity index (χ4v) is 3.79. The van der Waals surface area contributed by atoms with E-state index in [4.69, 9.17) is 15.0 Å². The minimum absolute atomic E-state index is 0.693. The summed E-state index contributed by atoms with van der Waals surface area (Å²) in [5.41, 5.74) is 6.62. The van der Waals surface area contributed by atoms with Gasteiger partial charge in [0, 0.05) is 16.7 Å². The quantitative estimate of drug-likeness (QED) is 0.373. The van der Waals surface area contributed by atoms with Crippen LogP contribution >= 0.6 is 0 Å². The van der Waals surface area contributed by atoms with Crippen LogP contribution in [0.25, 0.3) is 39.5 Å². The number of aromatic nitrogens is 3. The molecule has 0 amide bonds. The normalized spacial score (nSPS) is 13.1. The van der Waals surface area contributed by atoms with E-state index in [2.05, 4.69) is 73.7 Å². The Morgan fingerprint density at radius 1 is 0.581 bits per heavy atom. The van der Waals surface area contributed by atoms with Gasteiger partial charge in [-0.15, -0.1) is 0 Å². The first-order chi connectivity index (χ1) is 15.3. The van der Waals surface area contributed by atoms with E-state index in [-0.39, 0.29) is 0 Å². The second-order valence-corrected chi connectivity index (χ2v) is 7.76. The van der Waals surface area contributed by atoms with Crippen LogP contribution in [0, 0.1) is 6.92 Å². The fourth-order valence-electron chi connectivity index (χ4n) is 3.79. The van der Waals surface area contributed by atoms with Crippen molar-refractivity contribution < 1.29 is 0 Å². The van der Waals surface area contributed by atoms with E-state index >= 15 is 0 Å². The molecular weight excluding hydrogens is 378 g/mol. The number of nitrogens with zero attached hydrogens (tertiary/aromatic N) is 3. The van der Waals surface area contributed by atoms with Crippen LogP contribution in [0.15, 0.2) is 97.1 Å². The zero-order valence-electron chi connectivity index (χ0n) is 17.5. The smallest absolute Gasteiger partial charge is 0.164 e. The third-order valence-corrected chi connectivity index (χ3v) is 5.39. The molecule has 0 spiro atoms. The van der Waals surface area contributed by atoms with Crippen LogP contribution in [0.3, 0.4) is 0 Å². The minimum Gasteiger partial charge on any atom is -0.208 e. The second-order valence-electron chi connectivity index (χ2n) is 7.76. The van der Waals surface area contributed by atoms with Crippen LogP contribution in [0.1, 0.15) is 24.2 Å². The van der Waals surface area contributed by atoms with E-state index in [0.717, 1.165) is 40.9 Å². The molecule has 1 aliphatic carbocycles. The monoisotopic (exact) mass is 401 g/mol. The number of rotatable bonds is 4. The average Bonchev–Trinajstić information content (AvgIpc) is 2.85. The molecule has 3 aromatic carbocycles. The summed E-state index contributed by atoms with van der Waals surface area (Å²) in [6, 6.07) is 27.1. The van der Waals surface area contributed by atoms with Gasteiger partial charge in [0.05, 0.1) is 0 Å². The standard InChI is InChI=1S/C28H23N3/c1-20-10-8-15-23(18-20)24-16-9-17-25(19-24)28-30-26(21-11-4-2-5-12-21)29-27(31-28)22-13-6-3-7-14-22/h2,4-6,8-19H,3,7H2,1H3. The van der Waals surface area contributed by atoms with Gasteiger partial charge in [0.25, 0.3) is 0 Å². The van der Waals surface area contributed by atoms with Gasteiger partial charge in [-0.25, -0.2) is 15.0 Å². The predicted molar refractivity (Wildman–Crippen MR) is 127 cm³/mol. The highest BCUT2D eigenvalue weighted by Gasteiger charge is 2.14. The molecule has 1 aromatic heterocycles. The van der Waals surface area contributed by atoms with Gasteiger partial charge < -0.3 is 0 Å². The summed E-state index contributed by atoms with van der Waals surface area (Å²) in [7, 11) is 0. The molecule has 0 saturated carbocycles. The van der Waals surface area contributed by atoms with Crippen LogP contribution in [0.4, 0.5) is 0 Å². The first-order valence-corrected chi connectivity index (χ1v) is 10.6. The zero-order valence-corrected chi connectivity index (χ0v) is 17.5. The SMILES string of the molecule is Cc1cccc(-c2cccc(-c3nc(C4=CCCC=C4)nc(-c4ccccc4)n3)c2)c1. The maximum atomic E-state index is 4.86. The van der Waals surface area contributed by atoms with Gasteiger partial charge in [0.1, 0.15) is 0 Å². The molecule has 0 radical (unpaired) electrons. The van der Waals surface area contributed by atoms with Crippen molar-refractivity contribution in [2.24, 2.45) is 0 Å². The lowest BCUT2D eigenvalue weighted by atomic mass is 10.0. The van der Waals surface area contributed by atoms with Crippen molar-refractivity contribution >= 4 is 5.57 Å². The zero-order chi connectivity index (χ0) is 21.0. The topological polar surface area (TPSA) is 38.7 Å². The highest BCUT2D eigenvalue weighted by Crippen LogP contribution is 2.28. The average molecular weight is 402 g/mol. The highest BCUT2D eigenvalue weighted by atomic mass is 15.0. The third kappa shape index (κ3) is 4.22. The Kier molecular flexibility index (Phi) is 5.24. The Morgan fingerprint density at radius 2 is 1.23 bits per heavy atom. The van der Waals surface area contributed by atoms with Crippen molar-refractivity contribution in [3.05, 3.63) is 108 Å². The third-order valence-electron chi connectivity index (χ3n) is 5.39. The molecule has 4 aromatic rings. The minimum atomic E-state index is 0.693. The molecule has 0 aliphatic heterocycles. The van der Waals surface area contributed by atoms with E-state index < -0.39 is 0 Å². The maximum Gasteiger partial charge on any atom is 0.164 e. The first kappa shape index (κ1) is 19.1. The van der Waals surface area contributed by atoms with Crippen molar-refractivity contribution in [2.45, 2.75) is 19.8 Å². The van der Waals surface area contributed by atoms with Crippen LogP contribution in [-0.4, -0.2) is 15.0 Å². The summed E-state index contributed by atoms with van der Waals surface area (Å²) in [4.78, 5) is 14.5. The van der Waals surface area contributed by atoms with E-state index in [0.29, 0.717) is 11.6 Å². The number of benzene rings is 3. The Hall–Kier alpha value is -3.85. The van der Waals surface area contributed by atoms with Gasteiger partial charge in [-0.05, 0) is 37.0 Å². The maximum absolute atomic E-state index is 4.86. The molecular formula is C28H23N3. The van der Waals surface area contributed by atoms with Gasteiger partial charge in [0.2, 0.25) is 0 Å². The van der Waals surface area contributed by atoms with Crippen molar-refractivity contribution in [3.8, 4) is 33.9 Å². The summed E-state index contributed by atoms with van der Waals surface area (Å²) in [5.74, 6) is 2.11. The van der Waals surface area contributed by atoms with Gasteiger partial charge in [-0.1, -0.05) is 96.6 Å². The summed E-state index contributed by atoms with van der Waals surface area (Å²) in [5, 5.41) is 0. The molecule has 150 valence electrons. The molecule has 1 heterocycles. The molecule has 5 rings (SSSR count). The van der Waals surface area contributed by atoms with Crippen molar-refractivity contribution in [1.82, 2.24) is 15.0 Å². The molecule has 3 heteroatoms. The van der Waals surface area contributed by atoms with E-state index in [1.165, 1.54) is 11.1 Å². The molecule has 3 nitrogen and oxygen atoms in total. The summed E-state index contributed by atoms with van der Waals surface area (Å²) in [6.07, 6.45) is 8.57. The lowest BCUT2D eigenvalue weighted by molar-refractivity contribution is 1.01. The molecule has 0 unspecified atom stereocenters. The molecule has 0 fully saturated rings. The van der Waals surface area contributed by atoms with Crippen molar-refractivity contribution in [1.29, 1.82) is 0 Å². The van der Waals surface area contributed by atoms with Crippen LogP contribution in [0.2, 0.25) is 0 Å². The van der Waals surface area contributed by atoms with Crippen LogP contribution in [0.5, 0.6) is 0 Å². The number of hydrogen-bond donors (Lipinski definition) is 0. The second kappa shape index (κ2) is 8.49. The lowest BCUT2D eigenvalue weighted by Gasteiger charge is -2.11. The molecule has 0 saturated heterocycles. The van der Waals surface area contributed by atoms with Crippen LogP contribution < -0.4 is 0 Å². The Bertz CT molecular complexity index is 1290. The largest absolute Gasteiger partial charge is 0.208 e. The molecule has 31 heavy (non-hydrogen) atoms. The number of aryl methyl sites for hydroxylation is 1. The van der Waals surface area contributed by atoms with Gasteiger partial charge in [-0.3, -0.25) is 0 Å². The first-order valence-electron chi connectivity index (χ1n) is 10.6. The van der Waals surface area contributed by atoms with E-state index in [9.17, 15) is 0 Å². The molecule has 0 N–H and O–H groups in total. The summed E-state index contributed by atoms with van der Waals surface area (Å²) in [6.45, 7) is 2.11. The lowest BCUT2D eigenvalue weighted by Crippen LogP contribution is -2.03. The summed E-state index contributed by atoms with van der Waals surface area (Å²) < 4.78 is 0. The van der Waals surface area contributed by atoms with Crippen molar-refractivity contribution in [2.75, 3.05) is 0 Å². The fraction of sp³-hybridized carbons (Fsp3) is 0.107. The number of allylic oxidation sites excluding steroid dienone is 4. The Balaban J connectivity index is 1.64. The van der Waals surface area contributed by atoms with Crippen molar-refractivity contribution in [3.63, 3.8) is 0 Å². The summed E-state index contributed by atoms with van der Waals surface area (Å²) >= 11 is 0. The van der Waals surface area contributed by atoms with Crippen LogP contribution in [-0.2, 0) is 0 Å².